The molecule has 1 amide bonds. The number of nitrogens with zero attached hydrogens (tertiary/aromatic N) is 3. The molecule has 0 unspecified atom stereocenters. The molecule has 1 fully saturated rings. The molecular formula is C17H25N3O4S. The Balaban J connectivity index is 2.18. The van der Waals surface area contributed by atoms with Crippen LogP contribution in [-0.4, -0.2) is 75.4 Å². The van der Waals surface area contributed by atoms with Crippen LogP contribution in [0.1, 0.15) is 24.2 Å². The number of sulfonamides is 1. The van der Waals surface area contributed by atoms with Crippen LogP contribution in [0.4, 0.5) is 5.69 Å². The van der Waals surface area contributed by atoms with Crippen molar-refractivity contribution in [3.8, 4) is 0 Å². The third kappa shape index (κ3) is 5.02. The molecule has 1 saturated heterocycles. The molecule has 0 atom stereocenters. The van der Waals surface area contributed by atoms with Crippen molar-refractivity contribution in [1.29, 1.82) is 0 Å². The predicted molar refractivity (Wildman–Crippen MR) is 97.3 cm³/mol. The van der Waals surface area contributed by atoms with Crippen molar-refractivity contribution >= 4 is 27.4 Å². The van der Waals surface area contributed by atoms with E-state index in [1.165, 1.54) is 13.0 Å². The zero-order chi connectivity index (χ0) is 18.6. The van der Waals surface area contributed by atoms with Crippen LogP contribution in [0.25, 0.3) is 0 Å². The molecule has 1 aliphatic rings. The highest BCUT2D eigenvalue weighted by Gasteiger charge is 2.26. The Morgan fingerprint density at radius 1 is 1.16 bits per heavy atom. The predicted octanol–water partition coefficient (Wildman–Crippen LogP) is 0.819. The molecular weight excluding hydrogens is 342 g/mol. The van der Waals surface area contributed by atoms with Gasteiger partial charge < -0.3 is 9.80 Å². The Bertz CT molecular complexity index is 740. The number of rotatable bonds is 6. The number of carbonyl (C=O) groups is 2. The molecule has 0 bridgehead atoms. The number of piperazine rings is 1. The molecule has 138 valence electrons. The van der Waals surface area contributed by atoms with E-state index in [1.807, 2.05) is 0 Å². The third-order valence-electron chi connectivity index (χ3n) is 4.39. The molecule has 7 nitrogen and oxygen atoms in total. The Kier molecular flexibility index (Phi) is 6.18. The average Bonchev–Trinajstić information content (AvgIpc) is 2.58. The first kappa shape index (κ1) is 19.4. The molecule has 1 aromatic carbocycles. The van der Waals surface area contributed by atoms with Crippen LogP contribution < -0.4 is 4.31 Å². The Morgan fingerprint density at radius 3 is 2.32 bits per heavy atom. The molecule has 1 aromatic rings. The normalized spacial score (nSPS) is 15.9. The summed E-state index contributed by atoms with van der Waals surface area (Å²) < 4.78 is 25.4. The number of likely N-dealkylation sites (N-methyl/N-ethyl adjacent to an activating group) is 1. The van der Waals surface area contributed by atoms with Gasteiger partial charge >= 0.3 is 0 Å². The van der Waals surface area contributed by atoms with Gasteiger partial charge in [0.15, 0.2) is 5.78 Å². The summed E-state index contributed by atoms with van der Waals surface area (Å²) in [5.74, 6) is -0.383. The smallest absolute Gasteiger partial charge is 0.243 e. The number of ketones is 1. The van der Waals surface area contributed by atoms with E-state index >= 15 is 0 Å². The second-order valence-electron chi connectivity index (χ2n) is 6.19. The first-order chi connectivity index (χ1) is 11.7. The maximum Gasteiger partial charge on any atom is 0.243 e. The van der Waals surface area contributed by atoms with Gasteiger partial charge in [-0.25, -0.2) is 8.42 Å². The first-order valence-corrected chi connectivity index (χ1v) is 10.2. The zero-order valence-electron chi connectivity index (χ0n) is 14.9. The standard InChI is InChI=1S/C17H25N3O4S/c1-4-18-8-10-19(11-9-18)17(22)13-20(25(3,23)24)16-7-5-6-15(12-16)14(2)21/h5-7,12H,4,8-11,13H2,1-3H3. The molecule has 0 N–H and O–H groups in total. The molecule has 0 spiro atoms. The summed E-state index contributed by atoms with van der Waals surface area (Å²) in [4.78, 5) is 28.1. The Labute approximate surface area is 149 Å². The van der Waals surface area contributed by atoms with Gasteiger partial charge in [-0.1, -0.05) is 19.1 Å². The highest BCUT2D eigenvalue weighted by Crippen LogP contribution is 2.20. The fourth-order valence-electron chi connectivity index (χ4n) is 2.82. The van der Waals surface area contributed by atoms with Crippen LogP contribution in [0.15, 0.2) is 24.3 Å². The van der Waals surface area contributed by atoms with Crippen LogP contribution in [0.2, 0.25) is 0 Å². The van der Waals surface area contributed by atoms with Gasteiger partial charge in [0.2, 0.25) is 15.9 Å². The van der Waals surface area contributed by atoms with E-state index in [1.54, 1.807) is 23.1 Å². The van der Waals surface area contributed by atoms with Gasteiger partial charge in [0, 0.05) is 31.7 Å². The molecule has 0 radical (unpaired) electrons. The van der Waals surface area contributed by atoms with E-state index in [4.69, 9.17) is 0 Å². The van der Waals surface area contributed by atoms with Crippen molar-refractivity contribution < 1.29 is 18.0 Å². The molecule has 1 aliphatic heterocycles. The highest BCUT2D eigenvalue weighted by atomic mass is 32.2. The van der Waals surface area contributed by atoms with E-state index in [2.05, 4.69) is 11.8 Å². The Hall–Kier alpha value is -1.93. The molecule has 25 heavy (non-hydrogen) atoms. The summed E-state index contributed by atoms with van der Waals surface area (Å²) >= 11 is 0. The monoisotopic (exact) mass is 367 g/mol. The van der Waals surface area contributed by atoms with E-state index in [0.29, 0.717) is 24.3 Å². The van der Waals surface area contributed by atoms with Crippen LogP contribution in [0.3, 0.4) is 0 Å². The second-order valence-corrected chi connectivity index (χ2v) is 8.10. The van der Waals surface area contributed by atoms with Gasteiger partial charge in [0.1, 0.15) is 6.54 Å². The molecule has 1 heterocycles. The fourth-order valence-corrected chi connectivity index (χ4v) is 3.66. The largest absolute Gasteiger partial charge is 0.339 e. The summed E-state index contributed by atoms with van der Waals surface area (Å²) in [5, 5.41) is 0. The lowest BCUT2D eigenvalue weighted by Gasteiger charge is -2.35. The zero-order valence-corrected chi connectivity index (χ0v) is 15.8. The van der Waals surface area contributed by atoms with Crippen LogP contribution in [0, 0.1) is 0 Å². The quantitative estimate of drug-likeness (QED) is 0.696. The van der Waals surface area contributed by atoms with Gasteiger partial charge in [0.05, 0.1) is 11.9 Å². The lowest BCUT2D eigenvalue weighted by molar-refractivity contribution is -0.131. The highest BCUT2D eigenvalue weighted by molar-refractivity contribution is 7.92. The summed E-state index contributed by atoms with van der Waals surface area (Å²) in [6, 6.07) is 6.34. The maximum absolute atomic E-state index is 12.6. The minimum atomic E-state index is -3.65. The molecule has 0 aromatic heterocycles. The van der Waals surface area contributed by atoms with Crippen LogP contribution in [-0.2, 0) is 14.8 Å². The summed E-state index contributed by atoms with van der Waals surface area (Å²) in [5.41, 5.74) is 0.742. The van der Waals surface area contributed by atoms with Gasteiger partial charge in [-0.3, -0.25) is 13.9 Å². The number of amides is 1. The SMILES string of the molecule is CCN1CCN(C(=O)CN(c2cccc(C(C)=O)c2)S(C)(=O)=O)CC1. The second kappa shape index (κ2) is 7.97. The van der Waals surface area contributed by atoms with Gasteiger partial charge in [-0.05, 0) is 25.6 Å². The minimum absolute atomic E-state index is 0.155. The van der Waals surface area contributed by atoms with E-state index in [0.717, 1.165) is 30.2 Å². The van der Waals surface area contributed by atoms with Crippen molar-refractivity contribution in [2.24, 2.45) is 0 Å². The van der Waals surface area contributed by atoms with Gasteiger partial charge in [-0.15, -0.1) is 0 Å². The average molecular weight is 367 g/mol. The number of carbonyl (C=O) groups excluding carboxylic acids is 2. The fraction of sp³-hybridized carbons (Fsp3) is 0.529. The Morgan fingerprint density at radius 2 is 1.80 bits per heavy atom. The van der Waals surface area contributed by atoms with Crippen molar-refractivity contribution in [1.82, 2.24) is 9.80 Å². The van der Waals surface area contributed by atoms with E-state index in [-0.39, 0.29) is 18.2 Å². The molecule has 0 saturated carbocycles. The first-order valence-electron chi connectivity index (χ1n) is 8.31. The van der Waals surface area contributed by atoms with Gasteiger partial charge in [-0.2, -0.15) is 0 Å². The minimum Gasteiger partial charge on any atom is -0.339 e. The van der Waals surface area contributed by atoms with Crippen molar-refractivity contribution in [2.45, 2.75) is 13.8 Å². The van der Waals surface area contributed by atoms with Crippen LogP contribution >= 0.6 is 0 Å². The number of anilines is 1. The summed E-state index contributed by atoms with van der Waals surface area (Å²) in [7, 11) is -3.65. The number of benzene rings is 1. The van der Waals surface area contributed by atoms with Crippen molar-refractivity contribution in [3.63, 3.8) is 0 Å². The lowest BCUT2D eigenvalue weighted by Crippen LogP contribution is -2.51. The third-order valence-corrected chi connectivity index (χ3v) is 5.53. The number of hydrogen-bond acceptors (Lipinski definition) is 5. The molecule has 8 heteroatoms. The van der Waals surface area contributed by atoms with E-state index < -0.39 is 10.0 Å². The lowest BCUT2D eigenvalue weighted by atomic mass is 10.1. The number of Topliss-reactive ketones (excluding diaryl/α,β-unsaturated/α-hetero) is 1. The maximum atomic E-state index is 12.6. The number of hydrogen-bond donors (Lipinski definition) is 0. The summed E-state index contributed by atoms with van der Waals surface area (Å²) in [6.07, 6.45) is 1.07. The van der Waals surface area contributed by atoms with Crippen molar-refractivity contribution in [2.75, 3.05) is 49.8 Å². The molecule has 0 aliphatic carbocycles. The van der Waals surface area contributed by atoms with E-state index in [9.17, 15) is 18.0 Å². The molecule has 2 rings (SSSR count). The topological polar surface area (TPSA) is 78.0 Å². The van der Waals surface area contributed by atoms with Gasteiger partial charge in [0.25, 0.3) is 0 Å². The van der Waals surface area contributed by atoms with Crippen LogP contribution in [0.5, 0.6) is 0 Å². The van der Waals surface area contributed by atoms with Crippen molar-refractivity contribution in [3.05, 3.63) is 29.8 Å². The summed E-state index contributed by atoms with van der Waals surface area (Å²) in [6.45, 7) is 6.95.